The van der Waals surface area contributed by atoms with Crippen molar-refractivity contribution in [3.63, 3.8) is 0 Å². The predicted octanol–water partition coefficient (Wildman–Crippen LogP) is 3.08. The van der Waals surface area contributed by atoms with Gasteiger partial charge in [-0.05, 0) is 43.2 Å². The molecule has 0 atom stereocenters. The van der Waals surface area contributed by atoms with E-state index in [1.54, 1.807) is 24.4 Å². The highest BCUT2D eigenvalue weighted by atomic mass is 16.5. The van der Waals surface area contributed by atoms with Gasteiger partial charge in [-0.1, -0.05) is 17.3 Å². The molecule has 8 heteroatoms. The van der Waals surface area contributed by atoms with Crippen molar-refractivity contribution >= 4 is 22.7 Å². The molecule has 0 aliphatic heterocycles. The van der Waals surface area contributed by atoms with Crippen LogP contribution in [-0.2, 0) is 11.2 Å². The van der Waals surface area contributed by atoms with E-state index in [1.165, 1.54) is 10.9 Å². The lowest BCUT2D eigenvalue weighted by Crippen LogP contribution is -2.18. The molecule has 0 bridgehead atoms. The molecule has 1 N–H and O–H groups in total. The first-order valence-electron chi connectivity index (χ1n) is 8.61. The third-order valence-electron chi connectivity index (χ3n) is 4.32. The van der Waals surface area contributed by atoms with Crippen LogP contribution in [-0.4, -0.2) is 25.8 Å². The summed E-state index contributed by atoms with van der Waals surface area (Å²) in [5.41, 5.74) is 3.49. The van der Waals surface area contributed by atoms with Crippen LogP contribution in [0, 0.1) is 25.2 Å². The van der Waals surface area contributed by atoms with Crippen LogP contribution in [0.15, 0.2) is 47.2 Å². The first-order valence-corrected chi connectivity index (χ1v) is 8.61. The van der Waals surface area contributed by atoms with Crippen LogP contribution in [0.1, 0.15) is 22.4 Å². The number of nitrogens with one attached hydrogen (secondary N) is 1. The number of rotatable bonds is 4. The maximum absolute atomic E-state index is 12.7. The number of aromatic nitrogens is 4. The monoisotopic (exact) mass is 372 g/mol. The van der Waals surface area contributed by atoms with Crippen LogP contribution >= 0.6 is 0 Å². The topological polar surface area (TPSA) is 110 Å². The molecule has 0 spiro atoms. The van der Waals surface area contributed by atoms with Gasteiger partial charge < -0.3 is 9.84 Å². The highest BCUT2D eigenvalue weighted by molar-refractivity contribution is 5.95. The molecule has 28 heavy (non-hydrogen) atoms. The summed E-state index contributed by atoms with van der Waals surface area (Å²) < 4.78 is 6.82. The molecule has 0 radical (unpaired) electrons. The van der Waals surface area contributed by atoms with E-state index in [2.05, 4.69) is 20.6 Å². The molecule has 138 valence electrons. The van der Waals surface area contributed by atoms with Crippen LogP contribution in [0.5, 0.6) is 0 Å². The standard InChI is InChI=1S/C20H16N6O2/c1-12-7-13(2)19-15(8-12)16(25-28-19)9-18(27)24-20-14(10-21)11-23-26(20)17-5-3-4-6-22-17/h3-8,11H,9H2,1-2H3,(H,24,27). The average Bonchev–Trinajstić information content (AvgIpc) is 3.27. The summed E-state index contributed by atoms with van der Waals surface area (Å²) in [7, 11) is 0. The Hall–Kier alpha value is -3.99. The van der Waals surface area contributed by atoms with E-state index in [9.17, 15) is 10.1 Å². The molecule has 0 fully saturated rings. The lowest BCUT2D eigenvalue weighted by Gasteiger charge is -2.08. The Bertz CT molecular complexity index is 1220. The molecular formula is C20H16N6O2. The maximum atomic E-state index is 12.7. The molecule has 3 heterocycles. The number of carbonyl (C=O) groups excluding carboxylic acids is 1. The molecule has 3 aromatic heterocycles. The van der Waals surface area contributed by atoms with Crippen molar-refractivity contribution in [2.45, 2.75) is 20.3 Å². The Morgan fingerprint density at radius 3 is 2.93 bits per heavy atom. The van der Waals surface area contributed by atoms with E-state index < -0.39 is 0 Å². The van der Waals surface area contributed by atoms with Gasteiger partial charge in [0.25, 0.3) is 0 Å². The Morgan fingerprint density at radius 1 is 1.32 bits per heavy atom. The molecule has 4 aromatic rings. The average molecular weight is 372 g/mol. The molecule has 8 nitrogen and oxygen atoms in total. The van der Waals surface area contributed by atoms with Crippen LogP contribution in [0.2, 0.25) is 0 Å². The van der Waals surface area contributed by atoms with Crippen LogP contribution < -0.4 is 5.32 Å². The maximum Gasteiger partial charge on any atom is 0.231 e. The van der Waals surface area contributed by atoms with Gasteiger partial charge in [0, 0.05) is 11.6 Å². The van der Waals surface area contributed by atoms with Crippen molar-refractivity contribution in [1.82, 2.24) is 19.9 Å². The van der Waals surface area contributed by atoms with Crippen molar-refractivity contribution in [1.29, 1.82) is 5.26 Å². The summed E-state index contributed by atoms with van der Waals surface area (Å²) in [6.45, 7) is 3.92. The summed E-state index contributed by atoms with van der Waals surface area (Å²) in [6.07, 6.45) is 3.01. The summed E-state index contributed by atoms with van der Waals surface area (Å²) >= 11 is 0. The first-order chi connectivity index (χ1) is 13.6. The largest absolute Gasteiger partial charge is 0.356 e. The highest BCUT2D eigenvalue weighted by Gasteiger charge is 2.19. The van der Waals surface area contributed by atoms with Crippen LogP contribution in [0.25, 0.3) is 16.8 Å². The quantitative estimate of drug-likeness (QED) is 0.589. The number of hydrogen-bond donors (Lipinski definition) is 1. The molecule has 0 aliphatic carbocycles. The zero-order valence-electron chi connectivity index (χ0n) is 15.3. The van der Waals surface area contributed by atoms with Crippen molar-refractivity contribution in [2.24, 2.45) is 0 Å². The van der Waals surface area contributed by atoms with Gasteiger partial charge in [-0.25, -0.2) is 4.98 Å². The van der Waals surface area contributed by atoms with Gasteiger partial charge >= 0.3 is 0 Å². The van der Waals surface area contributed by atoms with Gasteiger partial charge in [0.05, 0.1) is 12.6 Å². The minimum Gasteiger partial charge on any atom is -0.356 e. The minimum absolute atomic E-state index is 0.00810. The van der Waals surface area contributed by atoms with Gasteiger partial charge in [0.2, 0.25) is 5.91 Å². The SMILES string of the molecule is Cc1cc(C)c2onc(CC(=O)Nc3c(C#N)cnn3-c3ccccn3)c2c1. The lowest BCUT2D eigenvalue weighted by molar-refractivity contribution is -0.115. The van der Waals surface area contributed by atoms with E-state index in [4.69, 9.17) is 4.52 Å². The van der Waals surface area contributed by atoms with E-state index in [-0.39, 0.29) is 23.7 Å². The smallest absolute Gasteiger partial charge is 0.231 e. The molecule has 1 amide bonds. The fourth-order valence-electron chi connectivity index (χ4n) is 3.10. The summed E-state index contributed by atoms with van der Waals surface area (Å²) in [4.78, 5) is 16.9. The number of pyridine rings is 1. The summed E-state index contributed by atoms with van der Waals surface area (Å²) in [5, 5.41) is 21.1. The fourth-order valence-corrected chi connectivity index (χ4v) is 3.10. The highest BCUT2D eigenvalue weighted by Crippen LogP contribution is 2.25. The number of hydrogen-bond acceptors (Lipinski definition) is 6. The van der Waals surface area contributed by atoms with Crippen molar-refractivity contribution < 1.29 is 9.32 Å². The predicted molar refractivity (Wildman–Crippen MR) is 102 cm³/mol. The number of fused-ring (bicyclic) bond motifs is 1. The number of benzene rings is 1. The number of nitrogens with zero attached hydrogens (tertiary/aromatic N) is 5. The lowest BCUT2D eigenvalue weighted by atomic mass is 10.1. The first kappa shape index (κ1) is 17.4. The summed E-state index contributed by atoms with van der Waals surface area (Å²) in [6, 6.07) is 11.3. The molecule has 0 saturated heterocycles. The Labute approximate surface area is 160 Å². The molecule has 0 saturated carbocycles. The fraction of sp³-hybridized carbons (Fsp3) is 0.150. The van der Waals surface area contributed by atoms with E-state index in [1.807, 2.05) is 32.0 Å². The summed E-state index contributed by atoms with van der Waals surface area (Å²) in [5.74, 6) is 0.437. The van der Waals surface area contributed by atoms with E-state index in [0.717, 1.165) is 16.5 Å². The second-order valence-electron chi connectivity index (χ2n) is 6.43. The Morgan fingerprint density at radius 2 is 2.18 bits per heavy atom. The van der Waals surface area contributed by atoms with Crippen molar-refractivity contribution in [3.05, 3.63) is 65.1 Å². The molecule has 4 rings (SSSR count). The molecular weight excluding hydrogens is 356 g/mol. The number of carbonyl (C=O) groups is 1. The molecule has 1 aromatic carbocycles. The zero-order chi connectivity index (χ0) is 19.7. The van der Waals surface area contributed by atoms with Crippen LogP contribution in [0.3, 0.4) is 0 Å². The van der Waals surface area contributed by atoms with Gasteiger partial charge in [-0.15, -0.1) is 0 Å². The minimum atomic E-state index is -0.330. The van der Waals surface area contributed by atoms with Crippen molar-refractivity contribution in [3.8, 4) is 11.9 Å². The Kier molecular flexibility index (Phi) is 4.33. The third-order valence-corrected chi connectivity index (χ3v) is 4.32. The number of aryl methyl sites for hydroxylation is 2. The van der Waals surface area contributed by atoms with E-state index >= 15 is 0 Å². The van der Waals surface area contributed by atoms with Gasteiger partial charge in [0.1, 0.15) is 17.3 Å². The van der Waals surface area contributed by atoms with Gasteiger partial charge in [-0.2, -0.15) is 15.0 Å². The second-order valence-corrected chi connectivity index (χ2v) is 6.43. The molecule has 0 aliphatic rings. The second kappa shape index (κ2) is 6.96. The van der Waals surface area contributed by atoms with Gasteiger partial charge in [-0.3, -0.25) is 4.79 Å². The number of amides is 1. The number of nitriles is 1. The van der Waals surface area contributed by atoms with E-state index in [0.29, 0.717) is 17.1 Å². The number of anilines is 1. The normalized spacial score (nSPS) is 10.8. The molecule has 0 unspecified atom stereocenters. The van der Waals surface area contributed by atoms with Crippen molar-refractivity contribution in [2.75, 3.05) is 5.32 Å². The van der Waals surface area contributed by atoms with Crippen LogP contribution in [0.4, 0.5) is 5.82 Å². The van der Waals surface area contributed by atoms with Gasteiger partial charge in [0.15, 0.2) is 17.2 Å². The zero-order valence-corrected chi connectivity index (χ0v) is 15.3. The third kappa shape index (κ3) is 3.10. The Balaban J connectivity index is 1.64.